The monoisotopic (exact) mass is 288 g/mol. The van der Waals surface area contributed by atoms with Gasteiger partial charge in [-0.3, -0.25) is 9.20 Å². The third-order valence-electron chi connectivity index (χ3n) is 3.69. The minimum atomic E-state index is -1.05. The lowest BCUT2D eigenvalue weighted by Gasteiger charge is -2.19. The molecular formula is C14H16N4O3. The van der Waals surface area contributed by atoms with E-state index in [1.54, 1.807) is 41.2 Å². The summed E-state index contributed by atoms with van der Waals surface area (Å²) in [6, 6.07) is 5.31. The van der Waals surface area contributed by atoms with Gasteiger partial charge in [-0.1, -0.05) is 6.07 Å². The number of aromatic nitrogens is 2. The number of carbonyl (C=O) groups is 2. The third kappa shape index (κ3) is 2.31. The first-order valence-corrected chi connectivity index (χ1v) is 6.77. The van der Waals surface area contributed by atoms with E-state index >= 15 is 0 Å². The van der Waals surface area contributed by atoms with Gasteiger partial charge >= 0.3 is 5.97 Å². The number of nitrogens with zero attached hydrogens (tertiary/aromatic N) is 4. The number of carboxylic acid groups (broad SMARTS) is 1. The Morgan fingerprint density at radius 2 is 2.14 bits per heavy atom. The van der Waals surface area contributed by atoms with Crippen molar-refractivity contribution >= 4 is 23.3 Å². The summed E-state index contributed by atoms with van der Waals surface area (Å²) in [5.41, 5.74) is 0.665. The molecule has 0 aliphatic carbocycles. The normalized spacial score (nSPS) is 16.3. The van der Waals surface area contributed by atoms with E-state index in [9.17, 15) is 14.7 Å². The molecule has 1 amide bonds. The van der Waals surface area contributed by atoms with Crippen LogP contribution < -0.4 is 4.90 Å². The summed E-state index contributed by atoms with van der Waals surface area (Å²) < 4.78 is 1.54. The number of aromatic carboxylic acids is 1. The Bertz CT molecular complexity index is 709. The van der Waals surface area contributed by atoms with Crippen LogP contribution in [0.1, 0.15) is 16.9 Å². The van der Waals surface area contributed by atoms with Crippen LogP contribution in [-0.4, -0.2) is 57.9 Å². The number of carboxylic acids is 1. The lowest BCUT2D eigenvalue weighted by molar-refractivity contribution is -0.127. The predicted molar refractivity (Wildman–Crippen MR) is 76.6 cm³/mol. The maximum atomic E-state index is 12.0. The Kier molecular flexibility index (Phi) is 3.25. The lowest BCUT2D eigenvalue weighted by atomic mass is 10.3. The number of pyridine rings is 1. The summed E-state index contributed by atoms with van der Waals surface area (Å²) in [4.78, 5) is 31.4. The van der Waals surface area contributed by atoms with E-state index in [2.05, 4.69) is 4.98 Å². The zero-order valence-corrected chi connectivity index (χ0v) is 11.7. The van der Waals surface area contributed by atoms with E-state index in [0.29, 0.717) is 24.6 Å². The second kappa shape index (κ2) is 5.08. The molecule has 1 fully saturated rings. The molecule has 2 aromatic rings. The summed E-state index contributed by atoms with van der Waals surface area (Å²) in [6.45, 7) is 1.44. The van der Waals surface area contributed by atoms with Crippen molar-refractivity contribution in [1.82, 2.24) is 14.3 Å². The zero-order chi connectivity index (χ0) is 15.0. The lowest BCUT2D eigenvalue weighted by Crippen LogP contribution is -2.35. The van der Waals surface area contributed by atoms with E-state index in [4.69, 9.17) is 0 Å². The number of hydrogen-bond acceptors (Lipinski definition) is 4. The van der Waals surface area contributed by atoms with Crippen LogP contribution in [0.4, 0.5) is 5.82 Å². The minimum absolute atomic E-state index is 0.0269. The Balaban J connectivity index is 2.09. The van der Waals surface area contributed by atoms with Gasteiger partial charge in [-0.05, 0) is 18.6 Å². The fraction of sp³-hybridized carbons (Fsp3) is 0.357. The van der Waals surface area contributed by atoms with Crippen LogP contribution >= 0.6 is 0 Å². The second-order valence-corrected chi connectivity index (χ2v) is 5.11. The van der Waals surface area contributed by atoms with Crippen molar-refractivity contribution in [3.05, 3.63) is 30.1 Å². The van der Waals surface area contributed by atoms with Crippen LogP contribution in [0.25, 0.3) is 5.65 Å². The highest BCUT2D eigenvalue weighted by atomic mass is 16.4. The fourth-order valence-electron chi connectivity index (χ4n) is 2.57. The maximum Gasteiger partial charge on any atom is 0.356 e. The highest BCUT2D eigenvalue weighted by molar-refractivity contribution is 5.94. The van der Waals surface area contributed by atoms with Crippen molar-refractivity contribution in [2.45, 2.75) is 6.42 Å². The number of carbonyl (C=O) groups excluding carboxylic acids is 1. The molecule has 1 saturated heterocycles. The largest absolute Gasteiger partial charge is 0.476 e. The zero-order valence-electron chi connectivity index (χ0n) is 11.7. The molecule has 0 atom stereocenters. The van der Waals surface area contributed by atoms with Gasteiger partial charge in [0, 0.05) is 26.3 Å². The molecule has 0 unspecified atom stereocenters. The average Bonchev–Trinajstić information content (AvgIpc) is 2.76. The highest BCUT2D eigenvalue weighted by Crippen LogP contribution is 2.23. The molecule has 0 radical (unpaired) electrons. The van der Waals surface area contributed by atoms with E-state index in [-0.39, 0.29) is 18.1 Å². The van der Waals surface area contributed by atoms with Gasteiger partial charge < -0.3 is 14.9 Å². The van der Waals surface area contributed by atoms with Gasteiger partial charge in [0.25, 0.3) is 0 Å². The van der Waals surface area contributed by atoms with Crippen LogP contribution in [0.2, 0.25) is 0 Å². The van der Waals surface area contributed by atoms with Crippen molar-refractivity contribution in [1.29, 1.82) is 0 Å². The second-order valence-electron chi connectivity index (χ2n) is 5.11. The fourth-order valence-corrected chi connectivity index (χ4v) is 2.57. The predicted octanol–water partition coefficient (Wildman–Crippen LogP) is 0.701. The minimum Gasteiger partial charge on any atom is -0.476 e. The average molecular weight is 288 g/mol. The molecule has 1 aliphatic heterocycles. The molecule has 0 aromatic carbocycles. The molecule has 3 rings (SSSR count). The molecule has 0 bridgehead atoms. The van der Waals surface area contributed by atoms with Crippen molar-refractivity contribution in [2.24, 2.45) is 0 Å². The van der Waals surface area contributed by atoms with E-state index in [1.165, 1.54) is 4.40 Å². The van der Waals surface area contributed by atoms with Gasteiger partial charge in [-0.2, -0.15) is 0 Å². The number of fused-ring (bicyclic) bond motifs is 1. The van der Waals surface area contributed by atoms with Gasteiger partial charge in [0.15, 0.2) is 11.5 Å². The van der Waals surface area contributed by atoms with E-state index in [0.717, 1.165) is 6.42 Å². The maximum absolute atomic E-state index is 12.0. The Morgan fingerprint density at radius 1 is 1.33 bits per heavy atom. The standard InChI is InChI=1S/C14H16N4O3/c1-16-6-4-7-17(9-11(16)19)13-12(14(20)21)18-8-3-2-5-10(18)15-13/h2-3,5,8H,4,6-7,9H2,1H3,(H,20,21). The molecule has 2 aromatic heterocycles. The molecule has 0 spiro atoms. The summed E-state index contributed by atoms with van der Waals surface area (Å²) in [7, 11) is 1.76. The number of anilines is 1. The van der Waals surface area contributed by atoms with Crippen molar-refractivity contribution in [3.63, 3.8) is 0 Å². The van der Waals surface area contributed by atoms with Crippen molar-refractivity contribution < 1.29 is 14.7 Å². The van der Waals surface area contributed by atoms with Crippen LogP contribution in [0.15, 0.2) is 24.4 Å². The molecule has 0 saturated carbocycles. The Morgan fingerprint density at radius 3 is 2.90 bits per heavy atom. The molecule has 1 N–H and O–H groups in total. The topological polar surface area (TPSA) is 78.2 Å². The number of likely N-dealkylation sites (N-methyl/N-ethyl adjacent to an activating group) is 1. The van der Waals surface area contributed by atoms with Gasteiger partial charge in [0.2, 0.25) is 5.91 Å². The van der Waals surface area contributed by atoms with Crippen molar-refractivity contribution in [2.75, 3.05) is 31.6 Å². The number of amides is 1. The molecule has 1 aliphatic rings. The van der Waals surface area contributed by atoms with Crippen LogP contribution in [0.3, 0.4) is 0 Å². The summed E-state index contributed by atoms with van der Waals surface area (Å²) in [5, 5.41) is 9.49. The molecule has 110 valence electrons. The van der Waals surface area contributed by atoms with Crippen molar-refractivity contribution in [3.8, 4) is 0 Å². The third-order valence-corrected chi connectivity index (χ3v) is 3.69. The molecular weight excluding hydrogens is 272 g/mol. The number of rotatable bonds is 2. The Labute approximate surface area is 121 Å². The quantitative estimate of drug-likeness (QED) is 0.880. The molecule has 7 nitrogen and oxygen atoms in total. The molecule has 21 heavy (non-hydrogen) atoms. The first kappa shape index (κ1) is 13.4. The van der Waals surface area contributed by atoms with Crippen LogP contribution in [-0.2, 0) is 4.79 Å². The summed E-state index contributed by atoms with van der Waals surface area (Å²) in [5.74, 6) is -0.716. The highest BCUT2D eigenvalue weighted by Gasteiger charge is 2.27. The summed E-state index contributed by atoms with van der Waals surface area (Å²) in [6.07, 6.45) is 2.45. The van der Waals surface area contributed by atoms with Gasteiger partial charge in [0.1, 0.15) is 5.65 Å². The van der Waals surface area contributed by atoms with Crippen LogP contribution in [0.5, 0.6) is 0 Å². The SMILES string of the molecule is CN1CCCN(c2nc3ccccn3c2C(=O)O)CC1=O. The van der Waals surface area contributed by atoms with E-state index in [1.807, 2.05) is 0 Å². The Hall–Kier alpha value is -2.57. The number of hydrogen-bond donors (Lipinski definition) is 1. The smallest absolute Gasteiger partial charge is 0.356 e. The number of imidazole rings is 1. The van der Waals surface area contributed by atoms with Gasteiger partial charge in [0.05, 0.1) is 6.54 Å². The van der Waals surface area contributed by atoms with E-state index < -0.39 is 5.97 Å². The molecule has 3 heterocycles. The first-order valence-electron chi connectivity index (χ1n) is 6.77. The first-order chi connectivity index (χ1) is 10.1. The van der Waals surface area contributed by atoms with Gasteiger partial charge in [-0.25, -0.2) is 9.78 Å². The van der Waals surface area contributed by atoms with Crippen LogP contribution in [0, 0.1) is 0 Å². The van der Waals surface area contributed by atoms with Gasteiger partial charge in [-0.15, -0.1) is 0 Å². The summed E-state index contributed by atoms with van der Waals surface area (Å²) >= 11 is 0. The molecule has 7 heteroatoms.